The molecule has 11 heteroatoms. The predicted octanol–water partition coefficient (Wildman–Crippen LogP) is -0.647. The molecule has 0 bridgehead atoms. The third kappa shape index (κ3) is 3.52. The van der Waals surface area contributed by atoms with Crippen molar-refractivity contribution in [3.8, 4) is 0 Å². The van der Waals surface area contributed by atoms with E-state index in [0.717, 1.165) is 6.34 Å². The highest BCUT2D eigenvalue weighted by Crippen LogP contribution is 2.52. The van der Waals surface area contributed by atoms with Gasteiger partial charge in [-0.1, -0.05) is 6.92 Å². The lowest BCUT2D eigenvalue weighted by atomic mass is 9.79. The Labute approximate surface area is 185 Å². The molecule has 0 spiro atoms. The van der Waals surface area contributed by atoms with E-state index < -0.39 is 18.0 Å². The van der Waals surface area contributed by atoms with Gasteiger partial charge in [0.1, 0.15) is 5.70 Å². The van der Waals surface area contributed by atoms with Gasteiger partial charge in [0.2, 0.25) is 11.8 Å². The lowest BCUT2D eigenvalue weighted by molar-refractivity contribution is -0.163. The number of amides is 2. The number of carbonyl (C=O) groups excluding carboxylic acids is 2. The van der Waals surface area contributed by atoms with Gasteiger partial charge in [-0.05, 0) is 20.4 Å². The van der Waals surface area contributed by atoms with Gasteiger partial charge < -0.3 is 25.3 Å². The van der Waals surface area contributed by atoms with Crippen LogP contribution in [0.1, 0.15) is 20.3 Å². The topological polar surface area (TPSA) is 137 Å². The molecule has 1 unspecified atom stereocenters. The molecule has 4 aliphatic rings. The Bertz CT molecular complexity index is 842. The molecule has 4 rings (SSSR count). The zero-order chi connectivity index (χ0) is 22.6. The SMILES string of the molecule is CC(O)[C@H]1C(=O)N2C(C(=O)O)=C(S[C@H]3C[C@@H](C(=O)N4CC(NC=N)C4)N(C)C3)[C@H](C)[C@H]12. The number of hydrogen-bond donors (Lipinski definition) is 4. The van der Waals surface area contributed by atoms with Crippen LogP contribution < -0.4 is 5.32 Å². The maximum atomic E-state index is 12.9. The van der Waals surface area contributed by atoms with Crippen molar-refractivity contribution in [2.24, 2.45) is 11.8 Å². The van der Waals surface area contributed by atoms with E-state index in [1.807, 2.05) is 18.9 Å². The molecule has 0 aliphatic carbocycles. The quantitative estimate of drug-likeness (QED) is 0.228. The lowest BCUT2D eigenvalue weighted by Crippen LogP contribution is -2.63. The first-order valence-electron chi connectivity index (χ1n) is 10.5. The van der Waals surface area contributed by atoms with E-state index in [4.69, 9.17) is 5.41 Å². The number of aliphatic hydroxyl groups is 1. The minimum Gasteiger partial charge on any atom is -0.477 e. The van der Waals surface area contributed by atoms with Gasteiger partial charge in [-0.15, -0.1) is 11.8 Å². The molecular formula is C20H29N5O5S. The number of carboxylic acid groups (broad SMARTS) is 1. The molecule has 6 atom stereocenters. The molecule has 2 amide bonds. The molecule has 0 aromatic heterocycles. The number of likely N-dealkylation sites (N-methyl/N-ethyl adjacent to an activating group) is 1. The fourth-order valence-electron chi connectivity index (χ4n) is 5.28. The Morgan fingerprint density at radius 1 is 1.32 bits per heavy atom. The summed E-state index contributed by atoms with van der Waals surface area (Å²) in [4.78, 5) is 43.2. The van der Waals surface area contributed by atoms with Crippen LogP contribution in [0.4, 0.5) is 0 Å². The van der Waals surface area contributed by atoms with Crippen molar-refractivity contribution in [1.82, 2.24) is 20.0 Å². The van der Waals surface area contributed by atoms with Crippen LogP contribution in [0.15, 0.2) is 10.6 Å². The number of thioether (sulfide) groups is 1. The van der Waals surface area contributed by atoms with Gasteiger partial charge in [0, 0.05) is 35.7 Å². The zero-order valence-corrected chi connectivity index (χ0v) is 18.6. The molecule has 4 aliphatic heterocycles. The van der Waals surface area contributed by atoms with E-state index in [1.165, 1.54) is 16.7 Å². The number of carbonyl (C=O) groups is 3. The van der Waals surface area contributed by atoms with Gasteiger partial charge in [0.15, 0.2) is 0 Å². The van der Waals surface area contributed by atoms with Crippen LogP contribution in [0, 0.1) is 17.2 Å². The number of hydrogen-bond acceptors (Lipinski definition) is 7. The number of fused-ring (bicyclic) bond motifs is 1. The van der Waals surface area contributed by atoms with Crippen molar-refractivity contribution >= 4 is 35.9 Å². The monoisotopic (exact) mass is 451 g/mol. The maximum absolute atomic E-state index is 12.9. The molecule has 10 nitrogen and oxygen atoms in total. The van der Waals surface area contributed by atoms with Crippen LogP contribution in [0.5, 0.6) is 0 Å². The van der Waals surface area contributed by atoms with E-state index in [2.05, 4.69) is 5.32 Å². The highest BCUT2D eigenvalue weighted by atomic mass is 32.2. The van der Waals surface area contributed by atoms with E-state index in [1.54, 1.807) is 11.8 Å². The third-order valence-corrected chi connectivity index (χ3v) is 8.41. The van der Waals surface area contributed by atoms with E-state index in [9.17, 15) is 24.6 Å². The lowest BCUT2D eigenvalue weighted by Gasteiger charge is -2.46. The number of carboxylic acids is 1. The number of β-lactam (4-membered cyclic amide) rings is 1. The van der Waals surface area contributed by atoms with Crippen LogP contribution in [-0.4, -0.2) is 105 Å². The minimum atomic E-state index is -1.13. The smallest absolute Gasteiger partial charge is 0.353 e. The zero-order valence-electron chi connectivity index (χ0n) is 17.8. The standard InChI is InChI=1S/C20H29N5O5S/c1-9-15-14(10(2)26)19(28)25(15)16(20(29)30)17(9)31-12-4-13(23(3)7-12)18(27)24-5-11(6-24)22-8-21/h8-15,26H,4-7H2,1-3H3,(H2,21,22)(H,29,30)/t9-,10?,12+,13+,14-,15-/m1/s1. The van der Waals surface area contributed by atoms with Gasteiger partial charge in [0.05, 0.1) is 36.5 Å². The van der Waals surface area contributed by atoms with Gasteiger partial charge >= 0.3 is 5.97 Å². The Balaban J connectivity index is 1.44. The van der Waals surface area contributed by atoms with Crippen LogP contribution in [0.25, 0.3) is 0 Å². The molecule has 3 saturated heterocycles. The van der Waals surface area contributed by atoms with Crippen LogP contribution in [0.3, 0.4) is 0 Å². The van der Waals surface area contributed by atoms with Crippen molar-refractivity contribution in [3.63, 3.8) is 0 Å². The number of nitrogens with one attached hydrogen (secondary N) is 2. The minimum absolute atomic E-state index is 0.0325. The highest BCUT2D eigenvalue weighted by molar-refractivity contribution is 8.03. The summed E-state index contributed by atoms with van der Waals surface area (Å²) in [6.45, 7) is 5.30. The third-order valence-electron chi connectivity index (χ3n) is 6.91. The summed E-state index contributed by atoms with van der Waals surface area (Å²) < 4.78 is 0. The molecule has 3 fully saturated rings. The van der Waals surface area contributed by atoms with E-state index in [-0.39, 0.29) is 46.8 Å². The maximum Gasteiger partial charge on any atom is 0.353 e. The fraction of sp³-hybridized carbons (Fsp3) is 0.700. The summed E-state index contributed by atoms with van der Waals surface area (Å²) >= 11 is 1.46. The first kappa shape index (κ1) is 22.1. The molecule has 4 N–H and O–H groups in total. The van der Waals surface area contributed by atoms with Crippen molar-refractivity contribution in [2.45, 2.75) is 49.7 Å². The number of aliphatic hydroxyl groups excluding tert-OH is 1. The Hall–Kier alpha value is -2.11. The number of likely N-dealkylation sites (tertiary alicyclic amines) is 2. The normalized spacial score (nSPS) is 34.3. The molecule has 0 saturated carbocycles. The van der Waals surface area contributed by atoms with Crippen molar-refractivity contribution < 1.29 is 24.6 Å². The van der Waals surface area contributed by atoms with Gasteiger partial charge in [0.25, 0.3) is 0 Å². The molecular weight excluding hydrogens is 422 g/mol. The fourth-order valence-corrected chi connectivity index (χ4v) is 6.88. The van der Waals surface area contributed by atoms with Gasteiger partial charge in [-0.2, -0.15) is 0 Å². The molecule has 31 heavy (non-hydrogen) atoms. The molecule has 4 heterocycles. The summed E-state index contributed by atoms with van der Waals surface area (Å²) in [7, 11) is 1.90. The summed E-state index contributed by atoms with van der Waals surface area (Å²) in [5, 5.41) is 29.8. The van der Waals surface area contributed by atoms with Gasteiger partial charge in [-0.25, -0.2) is 4.79 Å². The average molecular weight is 452 g/mol. The number of nitrogens with zero attached hydrogens (tertiary/aromatic N) is 3. The van der Waals surface area contributed by atoms with Crippen molar-refractivity contribution in [1.29, 1.82) is 5.41 Å². The van der Waals surface area contributed by atoms with Crippen LogP contribution in [-0.2, 0) is 14.4 Å². The predicted molar refractivity (Wildman–Crippen MR) is 114 cm³/mol. The largest absolute Gasteiger partial charge is 0.477 e. The Morgan fingerprint density at radius 2 is 2.00 bits per heavy atom. The average Bonchev–Trinajstić information content (AvgIpc) is 3.13. The molecule has 0 aromatic rings. The second-order valence-electron chi connectivity index (χ2n) is 8.95. The first-order valence-corrected chi connectivity index (χ1v) is 11.4. The van der Waals surface area contributed by atoms with E-state index in [0.29, 0.717) is 31.0 Å². The number of rotatable bonds is 7. The van der Waals surface area contributed by atoms with Crippen molar-refractivity contribution in [3.05, 3.63) is 10.6 Å². The van der Waals surface area contributed by atoms with Crippen LogP contribution in [0.2, 0.25) is 0 Å². The summed E-state index contributed by atoms with van der Waals surface area (Å²) in [5.74, 6) is -2.14. The first-order chi connectivity index (χ1) is 14.6. The van der Waals surface area contributed by atoms with Crippen molar-refractivity contribution in [2.75, 3.05) is 26.7 Å². The highest BCUT2D eigenvalue weighted by Gasteiger charge is 2.60. The number of aliphatic carboxylic acids is 1. The second-order valence-corrected chi connectivity index (χ2v) is 10.3. The molecule has 0 radical (unpaired) electrons. The summed E-state index contributed by atoms with van der Waals surface area (Å²) in [6.07, 6.45) is 0.936. The Kier molecular flexibility index (Phi) is 5.78. The molecule has 170 valence electrons. The van der Waals surface area contributed by atoms with E-state index >= 15 is 0 Å². The van der Waals surface area contributed by atoms with Crippen LogP contribution >= 0.6 is 11.8 Å². The van der Waals surface area contributed by atoms with Gasteiger partial charge in [-0.3, -0.25) is 19.9 Å². The second kappa shape index (κ2) is 8.10. The Morgan fingerprint density at radius 3 is 2.58 bits per heavy atom. The molecule has 0 aromatic carbocycles. The summed E-state index contributed by atoms with van der Waals surface area (Å²) in [6, 6.07) is -0.449. The summed E-state index contributed by atoms with van der Waals surface area (Å²) in [5.41, 5.74) is 0.0325.